The van der Waals surface area contributed by atoms with Gasteiger partial charge in [0.1, 0.15) is 5.75 Å². The minimum atomic E-state index is -0.218. The normalized spacial score (nSPS) is 15.8. The largest absolute Gasteiger partial charge is 0.508 e. The van der Waals surface area contributed by atoms with Crippen molar-refractivity contribution in [3.8, 4) is 5.75 Å². The predicted molar refractivity (Wildman–Crippen MR) is 114 cm³/mol. The third kappa shape index (κ3) is 5.18. The monoisotopic (exact) mass is 406 g/mol. The fourth-order valence-corrected chi connectivity index (χ4v) is 3.63. The van der Waals surface area contributed by atoms with Gasteiger partial charge >= 0.3 is 6.03 Å². The molecule has 1 atom stereocenters. The van der Waals surface area contributed by atoms with Crippen LogP contribution in [0.25, 0.3) is 0 Å². The highest BCUT2D eigenvalue weighted by atomic mass is 16.5. The summed E-state index contributed by atoms with van der Waals surface area (Å²) in [6.45, 7) is 2.15. The Morgan fingerprint density at radius 1 is 1.23 bits per heavy atom. The van der Waals surface area contributed by atoms with Gasteiger partial charge in [-0.1, -0.05) is 30.3 Å². The number of anilines is 1. The van der Waals surface area contributed by atoms with E-state index in [0.717, 1.165) is 30.7 Å². The number of nitrogens with zero attached hydrogens (tertiary/aromatic N) is 3. The van der Waals surface area contributed by atoms with Crippen molar-refractivity contribution in [2.24, 2.45) is 0 Å². The van der Waals surface area contributed by atoms with E-state index < -0.39 is 0 Å². The Hall–Kier alpha value is -3.32. The first-order valence-electron chi connectivity index (χ1n) is 10.2. The number of amides is 2. The molecule has 1 aliphatic heterocycles. The number of carbonyl (C=O) groups excluding carboxylic acids is 1. The highest BCUT2D eigenvalue weighted by Gasteiger charge is 2.23. The first kappa shape index (κ1) is 20.0. The van der Waals surface area contributed by atoms with Crippen molar-refractivity contribution in [3.63, 3.8) is 0 Å². The zero-order valence-electron chi connectivity index (χ0n) is 16.8. The van der Waals surface area contributed by atoms with E-state index >= 15 is 0 Å². The third-order valence-electron chi connectivity index (χ3n) is 5.17. The molecule has 1 aromatic heterocycles. The molecule has 1 fully saturated rings. The van der Waals surface area contributed by atoms with E-state index in [4.69, 9.17) is 4.74 Å². The second-order valence-electron chi connectivity index (χ2n) is 7.48. The molecule has 1 unspecified atom stereocenters. The molecule has 4 rings (SSSR count). The maximum absolute atomic E-state index is 13.1. The average molecular weight is 406 g/mol. The lowest BCUT2D eigenvalue weighted by atomic mass is 10.1. The Labute approximate surface area is 175 Å². The number of para-hydroxylation sites is 1. The predicted octanol–water partition coefficient (Wildman–Crippen LogP) is 3.85. The van der Waals surface area contributed by atoms with Crippen molar-refractivity contribution < 1.29 is 14.6 Å². The van der Waals surface area contributed by atoms with Gasteiger partial charge in [-0.25, -0.2) is 4.79 Å². The fraction of sp³-hybridized carbons (Fsp3) is 0.304. The molecule has 30 heavy (non-hydrogen) atoms. The van der Waals surface area contributed by atoms with E-state index in [-0.39, 0.29) is 17.9 Å². The van der Waals surface area contributed by atoms with Gasteiger partial charge in [0.05, 0.1) is 19.2 Å². The van der Waals surface area contributed by atoms with E-state index in [1.807, 2.05) is 53.3 Å². The lowest BCUT2D eigenvalue weighted by molar-refractivity contribution is 0.0817. The number of hydrogen-bond donors (Lipinski definition) is 2. The van der Waals surface area contributed by atoms with Gasteiger partial charge in [-0.2, -0.15) is 5.10 Å². The highest BCUT2D eigenvalue weighted by molar-refractivity contribution is 5.89. The number of carbonyl (C=O) groups is 1. The third-order valence-corrected chi connectivity index (χ3v) is 5.17. The maximum Gasteiger partial charge on any atom is 0.322 e. The number of nitrogens with one attached hydrogen (secondary N) is 1. The van der Waals surface area contributed by atoms with Crippen molar-refractivity contribution in [1.29, 1.82) is 0 Å². The van der Waals surface area contributed by atoms with Crippen LogP contribution in [0.1, 0.15) is 24.0 Å². The molecule has 2 N–H and O–H groups in total. The van der Waals surface area contributed by atoms with E-state index in [9.17, 15) is 9.90 Å². The summed E-state index contributed by atoms with van der Waals surface area (Å²) in [5.41, 5.74) is 2.47. The summed E-state index contributed by atoms with van der Waals surface area (Å²) in [5, 5.41) is 17.4. The van der Waals surface area contributed by atoms with Crippen molar-refractivity contribution >= 4 is 11.7 Å². The number of urea groups is 1. The van der Waals surface area contributed by atoms with Crippen molar-refractivity contribution in [1.82, 2.24) is 14.7 Å². The van der Waals surface area contributed by atoms with E-state index in [0.29, 0.717) is 25.2 Å². The molecule has 7 heteroatoms. The topological polar surface area (TPSA) is 79.6 Å². The van der Waals surface area contributed by atoms with Crippen molar-refractivity contribution in [3.05, 3.63) is 78.1 Å². The molecule has 2 amide bonds. The second-order valence-corrected chi connectivity index (χ2v) is 7.48. The van der Waals surface area contributed by atoms with E-state index in [1.165, 1.54) is 0 Å². The smallest absolute Gasteiger partial charge is 0.322 e. The van der Waals surface area contributed by atoms with Gasteiger partial charge in [-0.15, -0.1) is 0 Å². The second kappa shape index (κ2) is 9.45. The summed E-state index contributed by atoms with van der Waals surface area (Å²) in [6, 6.07) is 16.5. The van der Waals surface area contributed by atoms with Crippen LogP contribution in [-0.4, -0.2) is 45.1 Å². The molecule has 0 bridgehead atoms. The van der Waals surface area contributed by atoms with Gasteiger partial charge < -0.3 is 20.1 Å². The molecule has 0 aliphatic carbocycles. The number of benzene rings is 2. The number of hydrogen-bond acceptors (Lipinski definition) is 4. The molecule has 2 heterocycles. The van der Waals surface area contributed by atoms with Gasteiger partial charge in [0.15, 0.2) is 0 Å². The van der Waals surface area contributed by atoms with Crippen LogP contribution in [-0.2, 0) is 17.8 Å². The molecule has 0 saturated carbocycles. The Kier molecular flexibility index (Phi) is 6.29. The van der Waals surface area contributed by atoms with E-state index in [1.54, 1.807) is 23.2 Å². The first-order valence-corrected chi connectivity index (χ1v) is 10.2. The minimum absolute atomic E-state index is 0.0211. The Balaban J connectivity index is 1.47. The number of phenols is 1. The molecule has 3 aromatic rings. The molecule has 0 spiro atoms. The van der Waals surface area contributed by atoms with Crippen LogP contribution in [0.3, 0.4) is 0 Å². The van der Waals surface area contributed by atoms with Crippen LogP contribution in [0.2, 0.25) is 0 Å². The summed E-state index contributed by atoms with van der Waals surface area (Å²) >= 11 is 0. The van der Waals surface area contributed by atoms with Crippen LogP contribution in [0.4, 0.5) is 10.5 Å². The molecular formula is C23H26N4O3. The SMILES string of the molecule is O=C(Nc1cccc(Cn2cccn2)c1)N(Cc1ccccc1O)CC1CCCO1. The summed E-state index contributed by atoms with van der Waals surface area (Å²) in [5.74, 6) is 0.184. The minimum Gasteiger partial charge on any atom is -0.508 e. The maximum atomic E-state index is 13.1. The summed E-state index contributed by atoms with van der Waals surface area (Å²) in [6.07, 6.45) is 5.61. The fourth-order valence-electron chi connectivity index (χ4n) is 3.63. The number of aromatic nitrogens is 2. The molecule has 1 saturated heterocycles. The van der Waals surface area contributed by atoms with Gasteiger partial charge in [-0.3, -0.25) is 4.68 Å². The van der Waals surface area contributed by atoms with E-state index in [2.05, 4.69) is 10.4 Å². The molecular weight excluding hydrogens is 380 g/mol. The molecule has 0 radical (unpaired) electrons. The van der Waals surface area contributed by atoms with Crippen LogP contribution in [0.15, 0.2) is 67.0 Å². The highest BCUT2D eigenvalue weighted by Crippen LogP contribution is 2.21. The Morgan fingerprint density at radius 3 is 2.90 bits per heavy atom. The van der Waals surface area contributed by atoms with Crippen LogP contribution in [0, 0.1) is 0 Å². The summed E-state index contributed by atoms with van der Waals surface area (Å²) < 4.78 is 7.57. The number of ether oxygens (including phenoxy) is 1. The zero-order valence-corrected chi connectivity index (χ0v) is 16.8. The van der Waals surface area contributed by atoms with Crippen LogP contribution < -0.4 is 5.32 Å². The summed E-state index contributed by atoms with van der Waals surface area (Å²) in [7, 11) is 0. The number of rotatable bonds is 7. The Bertz CT molecular complexity index is 968. The molecule has 156 valence electrons. The quantitative estimate of drug-likeness (QED) is 0.625. The van der Waals surface area contributed by atoms with Crippen LogP contribution in [0.5, 0.6) is 5.75 Å². The van der Waals surface area contributed by atoms with Gasteiger partial charge in [0, 0.05) is 36.8 Å². The summed E-state index contributed by atoms with van der Waals surface area (Å²) in [4.78, 5) is 14.8. The van der Waals surface area contributed by atoms with Crippen molar-refractivity contribution in [2.75, 3.05) is 18.5 Å². The molecule has 7 nitrogen and oxygen atoms in total. The molecule has 1 aliphatic rings. The lowest BCUT2D eigenvalue weighted by Gasteiger charge is -2.26. The lowest BCUT2D eigenvalue weighted by Crippen LogP contribution is -2.39. The van der Waals surface area contributed by atoms with Gasteiger partial charge in [-0.05, 0) is 42.7 Å². The van der Waals surface area contributed by atoms with Gasteiger partial charge in [0.25, 0.3) is 0 Å². The first-order chi connectivity index (χ1) is 14.7. The van der Waals surface area contributed by atoms with Gasteiger partial charge in [0.2, 0.25) is 0 Å². The average Bonchev–Trinajstić information content (AvgIpc) is 3.44. The Morgan fingerprint density at radius 2 is 2.13 bits per heavy atom. The number of aromatic hydroxyl groups is 1. The molecule has 2 aromatic carbocycles. The zero-order chi connectivity index (χ0) is 20.8. The van der Waals surface area contributed by atoms with Crippen LogP contribution >= 0.6 is 0 Å². The standard InChI is InChI=1S/C23H26N4O3/c28-22-10-2-1-7-19(22)16-26(17-21-9-4-13-30-21)23(29)25-20-8-3-6-18(14-20)15-27-12-5-11-24-27/h1-3,5-8,10-12,14,21,28H,4,9,13,15-17H2,(H,25,29). The number of phenolic OH excluding ortho intramolecular Hbond substituents is 1. The van der Waals surface area contributed by atoms with Crippen molar-refractivity contribution in [2.45, 2.75) is 32.0 Å².